The van der Waals surface area contributed by atoms with Crippen LogP contribution in [0.5, 0.6) is 0 Å². The lowest BCUT2D eigenvalue weighted by atomic mass is 10.3. The maximum atomic E-state index is 4.33. The number of H-pyrrole nitrogens is 1. The fourth-order valence-corrected chi connectivity index (χ4v) is 1.90. The number of imidazole rings is 1. The summed E-state index contributed by atoms with van der Waals surface area (Å²) in [5.41, 5.74) is 2.56. The summed E-state index contributed by atoms with van der Waals surface area (Å²) in [5.74, 6) is 0.712. The van der Waals surface area contributed by atoms with Gasteiger partial charge < -0.3 is 10.3 Å². The Morgan fingerprint density at radius 1 is 1.32 bits per heavy atom. The molecular formula is C12H15N7. The number of nitrogens with one attached hydrogen (secondary N) is 2. The number of hydrogen-bond donors (Lipinski definition) is 2. The molecular weight excluding hydrogens is 242 g/mol. The quantitative estimate of drug-likeness (QED) is 0.667. The monoisotopic (exact) mass is 257 g/mol. The van der Waals surface area contributed by atoms with E-state index in [4.69, 9.17) is 0 Å². The largest absolute Gasteiger partial charge is 0.340 e. The van der Waals surface area contributed by atoms with Crippen LogP contribution in [0, 0.1) is 0 Å². The van der Waals surface area contributed by atoms with E-state index in [1.807, 2.05) is 12.4 Å². The molecule has 0 aliphatic heterocycles. The van der Waals surface area contributed by atoms with Crippen LogP contribution in [0.3, 0.4) is 0 Å². The van der Waals surface area contributed by atoms with E-state index in [2.05, 4.69) is 37.3 Å². The van der Waals surface area contributed by atoms with E-state index in [9.17, 15) is 0 Å². The Balaban J connectivity index is 1.88. The normalized spacial score (nSPS) is 11.2. The van der Waals surface area contributed by atoms with E-state index < -0.39 is 0 Å². The lowest BCUT2D eigenvalue weighted by molar-refractivity contribution is 0.675. The highest BCUT2D eigenvalue weighted by Gasteiger charge is 2.09. The van der Waals surface area contributed by atoms with Gasteiger partial charge in [0.05, 0.1) is 12.5 Å². The molecule has 0 saturated carbocycles. The van der Waals surface area contributed by atoms with Crippen LogP contribution in [0.25, 0.3) is 17.0 Å². The lowest BCUT2D eigenvalue weighted by Crippen LogP contribution is -2.13. The molecule has 0 bridgehead atoms. The van der Waals surface area contributed by atoms with Gasteiger partial charge in [0.15, 0.2) is 11.5 Å². The van der Waals surface area contributed by atoms with Gasteiger partial charge in [0.2, 0.25) is 0 Å². The van der Waals surface area contributed by atoms with E-state index in [-0.39, 0.29) is 0 Å². The van der Waals surface area contributed by atoms with Crippen molar-refractivity contribution in [1.82, 2.24) is 35.0 Å². The number of hydrogen-bond acceptors (Lipinski definition) is 5. The van der Waals surface area contributed by atoms with Crippen molar-refractivity contribution in [1.29, 1.82) is 0 Å². The summed E-state index contributed by atoms with van der Waals surface area (Å²) in [4.78, 5) is 15.5. The third-order valence-corrected chi connectivity index (χ3v) is 2.81. The summed E-state index contributed by atoms with van der Waals surface area (Å²) >= 11 is 0. The summed E-state index contributed by atoms with van der Waals surface area (Å²) in [7, 11) is 0. The Labute approximate surface area is 110 Å². The van der Waals surface area contributed by atoms with Crippen molar-refractivity contribution >= 4 is 11.2 Å². The molecule has 0 unspecified atom stereocenters. The summed E-state index contributed by atoms with van der Waals surface area (Å²) in [6.45, 7) is 3.96. The summed E-state index contributed by atoms with van der Waals surface area (Å²) < 4.78 is 1.74. The molecule has 0 atom stereocenters. The minimum absolute atomic E-state index is 0.645. The number of aromatic amines is 1. The highest BCUT2D eigenvalue weighted by Crippen LogP contribution is 2.13. The fourth-order valence-electron chi connectivity index (χ4n) is 1.90. The van der Waals surface area contributed by atoms with Crippen LogP contribution >= 0.6 is 0 Å². The first-order chi connectivity index (χ1) is 9.38. The molecule has 0 spiro atoms. The third-order valence-electron chi connectivity index (χ3n) is 2.81. The van der Waals surface area contributed by atoms with E-state index in [1.165, 1.54) is 6.33 Å². The Bertz CT molecular complexity index is 669. The van der Waals surface area contributed by atoms with Gasteiger partial charge in [-0.1, -0.05) is 6.92 Å². The van der Waals surface area contributed by atoms with Crippen LogP contribution in [-0.2, 0) is 6.54 Å². The zero-order valence-electron chi connectivity index (χ0n) is 10.7. The van der Waals surface area contributed by atoms with Crippen LogP contribution in [0.15, 0.2) is 25.0 Å². The molecule has 0 radical (unpaired) electrons. The second-order valence-corrected chi connectivity index (χ2v) is 4.27. The van der Waals surface area contributed by atoms with Crippen molar-refractivity contribution in [2.75, 3.05) is 6.54 Å². The number of rotatable bonds is 5. The van der Waals surface area contributed by atoms with Crippen molar-refractivity contribution in [2.24, 2.45) is 0 Å². The molecule has 7 nitrogen and oxygen atoms in total. The molecule has 7 heteroatoms. The minimum Gasteiger partial charge on any atom is -0.340 e. The smallest absolute Gasteiger partial charge is 0.182 e. The SMILES string of the molecule is CCCNCc1cnn(-c2ncnc3nc[nH]c23)c1. The molecule has 3 heterocycles. The first-order valence-electron chi connectivity index (χ1n) is 6.27. The first-order valence-corrected chi connectivity index (χ1v) is 6.27. The molecule has 2 N–H and O–H groups in total. The summed E-state index contributed by atoms with van der Waals surface area (Å²) in [6.07, 6.45) is 8.03. The van der Waals surface area contributed by atoms with Crippen LogP contribution < -0.4 is 5.32 Å². The molecule has 3 aromatic heterocycles. The van der Waals surface area contributed by atoms with E-state index in [0.29, 0.717) is 11.5 Å². The number of fused-ring (bicyclic) bond motifs is 1. The molecule has 0 aromatic carbocycles. The van der Waals surface area contributed by atoms with Crippen molar-refractivity contribution in [3.8, 4) is 5.82 Å². The molecule has 3 rings (SSSR count). The van der Waals surface area contributed by atoms with Gasteiger partial charge in [0.1, 0.15) is 11.8 Å². The van der Waals surface area contributed by atoms with Gasteiger partial charge in [0, 0.05) is 18.3 Å². The maximum absolute atomic E-state index is 4.33. The Morgan fingerprint density at radius 2 is 2.26 bits per heavy atom. The molecule has 0 amide bonds. The lowest BCUT2D eigenvalue weighted by Gasteiger charge is -2.01. The number of nitrogens with zero attached hydrogens (tertiary/aromatic N) is 5. The van der Waals surface area contributed by atoms with Gasteiger partial charge in [-0.05, 0) is 13.0 Å². The molecule has 0 saturated heterocycles. The van der Waals surface area contributed by atoms with E-state index in [0.717, 1.165) is 30.6 Å². The first kappa shape index (κ1) is 11.8. The predicted octanol–water partition coefficient (Wildman–Crippen LogP) is 1.04. The third kappa shape index (κ3) is 2.32. The standard InChI is InChI=1S/C12H15N7/c1-2-3-13-4-9-5-18-19(6-9)12-10-11(15-7-14-10)16-8-17-12/h5-8,13H,2-4H2,1H3,(H,14,15,16,17). The van der Waals surface area contributed by atoms with Gasteiger partial charge in [-0.2, -0.15) is 5.10 Å². The minimum atomic E-state index is 0.645. The average molecular weight is 257 g/mol. The van der Waals surface area contributed by atoms with Crippen molar-refractivity contribution in [3.63, 3.8) is 0 Å². The van der Waals surface area contributed by atoms with Gasteiger partial charge in [-0.15, -0.1) is 0 Å². The fraction of sp³-hybridized carbons (Fsp3) is 0.333. The predicted molar refractivity (Wildman–Crippen MR) is 70.8 cm³/mol. The summed E-state index contributed by atoms with van der Waals surface area (Å²) in [6, 6.07) is 0. The van der Waals surface area contributed by atoms with Crippen LogP contribution in [0.1, 0.15) is 18.9 Å². The zero-order chi connectivity index (χ0) is 13.1. The van der Waals surface area contributed by atoms with Crippen molar-refractivity contribution < 1.29 is 0 Å². The van der Waals surface area contributed by atoms with Crippen LogP contribution in [0.4, 0.5) is 0 Å². The average Bonchev–Trinajstić information content (AvgIpc) is 3.07. The topological polar surface area (TPSA) is 84.3 Å². The zero-order valence-corrected chi connectivity index (χ0v) is 10.7. The summed E-state index contributed by atoms with van der Waals surface area (Å²) in [5, 5.41) is 7.68. The van der Waals surface area contributed by atoms with Gasteiger partial charge in [-0.25, -0.2) is 19.6 Å². The molecule has 0 aliphatic carbocycles. The highest BCUT2D eigenvalue weighted by atomic mass is 15.3. The highest BCUT2D eigenvalue weighted by molar-refractivity contribution is 5.77. The second kappa shape index (κ2) is 5.15. The van der Waals surface area contributed by atoms with Crippen LogP contribution in [-0.4, -0.2) is 36.3 Å². The Hall–Kier alpha value is -2.28. The van der Waals surface area contributed by atoms with Crippen molar-refractivity contribution in [2.45, 2.75) is 19.9 Å². The Morgan fingerprint density at radius 3 is 3.16 bits per heavy atom. The van der Waals surface area contributed by atoms with E-state index in [1.54, 1.807) is 11.0 Å². The second-order valence-electron chi connectivity index (χ2n) is 4.27. The maximum Gasteiger partial charge on any atom is 0.182 e. The van der Waals surface area contributed by atoms with Gasteiger partial charge in [0.25, 0.3) is 0 Å². The molecule has 0 fully saturated rings. The molecule has 3 aromatic rings. The molecule has 0 aliphatic rings. The van der Waals surface area contributed by atoms with Crippen LogP contribution in [0.2, 0.25) is 0 Å². The molecule has 98 valence electrons. The van der Waals surface area contributed by atoms with Gasteiger partial charge in [-0.3, -0.25) is 0 Å². The Kier molecular flexibility index (Phi) is 3.20. The molecule has 19 heavy (non-hydrogen) atoms. The van der Waals surface area contributed by atoms with Gasteiger partial charge >= 0.3 is 0 Å². The van der Waals surface area contributed by atoms with E-state index >= 15 is 0 Å². The van der Waals surface area contributed by atoms with Crippen molar-refractivity contribution in [3.05, 3.63) is 30.6 Å². The number of aromatic nitrogens is 6.